The monoisotopic (exact) mass is 423 g/mol. The molecule has 3 aliphatic rings. The van der Waals surface area contributed by atoms with Crippen molar-refractivity contribution in [3.8, 4) is 17.3 Å². The van der Waals surface area contributed by atoms with Crippen LogP contribution in [0.2, 0.25) is 0 Å². The van der Waals surface area contributed by atoms with Gasteiger partial charge in [-0.3, -0.25) is 9.78 Å². The minimum Gasteiger partial charge on any atom is -0.485 e. The van der Waals surface area contributed by atoms with E-state index in [4.69, 9.17) is 25.2 Å². The zero-order valence-corrected chi connectivity index (χ0v) is 18.0. The average molecular weight is 424 g/mol. The number of aromatic nitrogens is 3. The van der Waals surface area contributed by atoms with E-state index in [1.165, 1.54) is 0 Å². The molecule has 164 valence electrons. The minimum atomic E-state index is -1.19. The summed E-state index contributed by atoms with van der Waals surface area (Å²) in [5, 5.41) is 0. The third-order valence-corrected chi connectivity index (χ3v) is 6.38. The first-order valence-corrected chi connectivity index (χ1v) is 11.2. The predicted octanol–water partition coefficient (Wildman–Crippen LogP) is 1.99. The van der Waals surface area contributed by atoms with Crippen molar-refractivity contribution in [3.63, 3.8) is 0 Å². The molecule has 2 saturated heterocycles. The molecule has 8 heteroatoms. The van der Waals surface area contributed by atoms with Gasteiger partial charge in [-0.1, -0.05) is 0 Å². The van der Waals surface area contributed by atoms with Gasteiger partial charge >= 0.3 is 0 Å². The van der Waals surface area contributed by atoms with E-state index < -0.39 is 5.54 Å². The Morgan fingerprint density at radius 3 is 2.74 bits per heavy atom. The number of fused-ring (bicyclic) bond motifs is 1. The molecular weight excluding hydrogens is 394 g/mol. The van der Waals surface area contributed by atoms with Crippen molar-refractivity contribution in [3.05, 3.63) is 35.3 Å². The first-order valence-electron chi connectivity index (χ1n) is 11.2. The summed E-state index contributed by atoms with van der Waals surface area (Å²) < 4.78 is 11.1. The second-order valence-electron chi connectivity index (χ2n) is 8.88. The number of nitrogens with zero attached hydrogens (tertiary/aromatic N) is 4. The molecule has 0 radical (unpaired) electrons. The molecule has 5 rings (SSSR count). The normalized spacial score (nSPS) is 20.6. The number of hydrogen-bond donors (Lipinski definition) is 1. The van der Waals surface area contributed by atoms with Gasteiger partial charge in [0.2, 0.25) is 5.91 Å². The van der Waals surface area contributed by atoms with Crippen LogP contribution < -0.4 is 10.5 Å². The molecule has 4 heterocycles. The molecule has 0 aromatic carbocycles. The maximum Gasteiger partial charge on any atom is 0.248 e. The summed E-state index contributed by atoms with van der Waals surface area (Å²) >= 11 is 0. The fourth-order valence-electron chi connectivity index (χ4n) is 4.58. The predicted molar refractivity (Wildman–Crippen MR) is 114 cm³/mol. The molecule has 8 nitrogen and oxygen atoms in total. The van der Waals surface area contributed by atoms with Crippen molar-refractivity contribution in [1.29, 1.82) is 0 Å². The van der Waals surface area contributed by atoms with Crippen LogP contribution in [0.3, 0.4) is 0 Å². The third-order valence-electron chi connectivity index (χ3n) is 6.38. The van der Waals surface area contributed by atoms with Crippen LogP contribution in [0.5, 0.6) is 5.75 Å². The molecule has 2 aliphatic heterocycles. The number of pyridine rings is 1. The number of nitrogens with two attached hydrogens (primary N) is 1. The number of ether oxygens (including phenoxy) is 2. The van der Waals surface area contributed by atoms with Crippen LogP contribution in [0.15, 0.2) is 18.3 Å². The lowest BCUT2D eigenvalue weighted by atomic mass is 9.91. The molecule has 1 aliphatic carbocycles. The van der Waals surface area contributed by atoms with Crippen molar-refractivity contribution in [2.45, 2.75) is 57.1 Å². The number of carbonyl (C=O) groups excluding carboxylic acids is 1. The molecule has 2 N–H and O–H groups in total. The van der Waals surface area contributed by atoms with Crippen molar-refractivity contribution in [2.24, 2.45) is 5.73 Å². The first-order chi connectivity index (χ1) is 15.0. The Morgan fingerprint density at radius 2 is 2.00 bits per heavy atom. The van der Waals surface area contributed by atoms with Crippen LogP contribution in [-0.4, -0.2) is 58.2 Å². The van der Waals surface area contributed by atoms with Crippen LogP contribution >= 0.6 is 0 Å². The molecule has 0 saturated carbocycles. The van der Waals surface area contributed by atoms with Crippen LogP contribution in [-0.2, 0) is 27.9 Å². The van der Waals surface area contributed by atoms with Gasteiger partial charge < -0.3 is 20.1 Å². The van der Waals surface area contributed by atoms with E-state index in [-0.39, 0.29) is 12.0 Å². The van der Waals surface area contributed by atoms with Gasteiger partial charge in [0.15, 0.2) is 5.82 Å². The first kappa shape index (κ1) is 20.3. The fourth-order valence-corrected chi connectivity index (χ4v) is 4.58. The molecule has 31 heavy (non-hydrogen) atoms. The van der Waals surface area contributed by atoms with E-state index in [9.17, 15) is 4.79 Å². The maximum atomic E-state index is 13.4. The fraction of sp³-hybridized carbons (Fsp3) is 0.565. The highest BCUT2D eigenvalue weighted by Crippen LogP contribution is 2.33. The Kier molecular flexibility index (Phi) is 5.35. The van der Waals surface area contributed by atoms with Crippen LogP contribution in [0, 0.1) is 0 Å². The molecule has 1 atom stereocenters. The quantitative estimate of drug-likeness (QED) is 0.784. The number of rotatable bonds is 5. The number of piperidine rings is 1. The number of amides is 1. The topological polar surface area (TPSA) is 103 Å². The van der Waals surface area contributed by atoms with E-state index in [0.29, 0.717) is 36.2 Å². The largest absolute Gasteiger partial charge is 0.485 e. The Morgan fingerprint density at radius 1 is 1.19 bits per heavy atom. The molecule has 1 unspecified atom stereocenters. The molecule has 2 aromatic heterocycles. The van der Waals surface area contributed by atoms with Gasteiger partial charge in [-0.2, -0.15) is 0 Å². The van der Waals surface area contributed by atoms with Crippen LogP contribution in [0.4, 0.5) is 0 Å². The van der Waals surface area contributed by atoms with Gasteiger partial charge in [0.05, 0.1) is 18.9 Å². The Bertz CT molecular complexity index is 983. The summed E-state index contributed by atoms with van der Waals surface area (Å²) in [6.07, 6.45) is 7.68. The van der Waals surface area contributed by atoms with E-state index in [1.54, 1.807) is 13.1 Å². The second-order valence-corrected chi connectivity index (χ2v) is 8.88. The molecule has 0 bridgehead atoms. The lowest BCUT2D eigenvalue weighted by molar-refractivity contribution is -0.137. The lowest BCUT2D eigenvalue weighted by Gasteiger charge is -2.34. The SMILES string of the molecule is CC(N)(C(=O)N1CCCCC1)c1nc(-c2cc(OC3COC3)ccn2)nc2c1CCC2. The van der Waals surface area contributed by atoms with E-state index in [2.05, 4.69) is 4.98 Å². The Labute approximate surface area is 182 Å². The van der Waals surface area contributed by atoms with E-state index >= 15 is 0 Å². The van der Waals surface area contributed by atoms with Gasteiger partial charge in [-0.25, -0.2) is 9.97 Å². The van der Waals surface area contributed by atoms with Crippen molar-refractivity contribution in [1.82, 2.24) is 19.9 Å². The van der Waals surface area contributed by atoms with Gasteiger partial charge in [-0.05, 0) is 57.1 Å². The molecule has 2 aromatic rings. The summed E-state index contributed by atoms with van der Waals surface area (Å²) in [5.74, 6) is 1.15. The zero-order chi connectivity index (χ0) is 21.4. The highest BCUT2D eigenvalue weighted by Gasteiger charge is 2.40. The summed E-state index contributed by atoms with van der Waals surface area (Å²) in [6.45, 7) is 4.51. The highest BCUT2D eigenvalue weighted by atomic mass is 16.6. The Balaban J connectivity index is 1.50. The summed E-state index contributed by atoms with van der Waals surface area (Å²) in [7, 11) is 0. The van der Waals surface area contributed by atoms with Crippen molar-refractivity contribution < 1.29 is 14.3 Å². The summed E-state index contributed by atoms with van der Waals surface area (Å²) in [5.41, 5.74) is 8.78. The molecule has 1 amide bonds. The second kappa shape index (κ2) is 8.16. The van der Waals surface area contributed by atoms with Gasteiger partial charge in [0.1, 0.15) is 23.1 Å². The number of aryl methyl sites for hydroxylation is 1. The average Bonchev–Trinajstić information content (AvgIpc) is 3.24. The summed E-state index contributed by atoms with van der Waals surface area (Å²) in [6, 6.07) is 3.67. The zero-order valence-electron chi connectivity index (χ0n) is 18.0. The highest BCUT2D eigenvalue weighted by molar-refractivity contribution is 5.87. The smallest absolute Gasteiger partial charge is 0.248 e. The molecular formula is C23H29N5O3. The van der Waals surface area contributed by atoms with Gasteiger partial charge in [0, 0.05) is 31.0 Å². The standard InChI is InChI=1S/C23H29N5O3/c1-23(24,22(29)28-10-3-2-4-11-28)20-17-6-5-7-18(17)26-21(27-20)19-12-15(8-9-25-19)31-16-13-30-14-16/h8-9,12,16H,2-7,10-11,13-14,24H2,1H3. The van der Waals surface area contributed by atoms with Crippen LogP contribution in [0.25, 0.3) is 11.5 Å². The molecule has 2 fully saturated rings. The third kappa shape index (κ3) is 3.90. The van der Waals surface area contributed by atoms with Gasteiger partial charge in [-0.15, -0.1) is 0 Å². The van der Waals surface area contributed by atoms with Crippen LogP contribution in [0.1, 0.15) is 49.6 Å². The van der Waals surface area contributed by atoms with Crippen molar-refractivity contribution in [2.75, 3.05) is 26.3 Å². The summed E-state index contributed by atoms with van der Waals surface area (Å²) in [4.78, 5) is 29.4. The molecule has 0 spiro atoms. The lowest BCUT2D eigenvalue weighted by Crippen LogP contribution is -2.53. The minimum absolute atomic E-state index is 0.0547. The number of carbonyl (C=O) groups is 1. The number of hydrogen-bond acceptors (Lipinski definition) is 7. The van der Waals surface area contributed by atoms with Gasteiger partial charge in [0.25, 0.3) is 0 Å². The van der Waals surface area contributed by atoms with E-state index in [0.717, 1.165) is 62.9 Å². The maximum absolute atomic E-state index is 13.4. The van der Waals surface area contributed by atoms with E-state index in [1.807, 2.05) is 17.0 Å². The number of likely N-dealkylation sites (tertiary alicyclic amines) is 1. The van der Waals surface area contributed by atoms with Crippen molar-refractivity contribution >= 4 is 5.91 Å². The Hall–Kier alpha value is -2.58.